The maximum absolute atomic E-state index is 12.4. The zero-order valence-corrected chi connectivity index (χ0v) is 14.6. The van der Waals surface area contributed by atoms with E-state index in [-0.39, 0.29) is 5.91 Å². The van der Waals surface area contributed by atoms with Crippen LogP contribution in [0.15, 0.2) is 54.6 Å². The van der Waals surface area contributed by atoms with Gasteiger partial charge in [0.25, 0.3) is 5.91 Å². The van der Waals surface area contributed by atoms with Crippen molar-refractivity contribution in [2.24, 2.45) is 0 Å². The molecule has 1 amide bonds. The van der Waals surface area contributed by atoms with Gasteiger partial charge in [-0.3, -0.25) is 4.79 Å². The molecule has 0 fully saturated rings. The SMILES string of the molecule is CCOc1ccc(NC(=O)c2ccc(-n3nc(C)cc3C)cc2)cc1. The van der Waals surface area contributed by atoms with Crippen LogP contribution in [0.4, 0.5) is 5.69 Å². The van der Waals surface area contributed by atoms with Crippen LogP contribution in [0.25, 0.3) is 5.69 Å². The monoisotopic (exact) mass is 335 g/mol. The zero-order chi connectivity index (χ0) is 17.8. The van der Waals surface area contributed by atoms with Gasteiger partial charge in [0.1, 0.15) is 5.75 Å². The summed E-state index contributed by atoms with van der Waals surface area (Å²) in [4.78, 5) is 12.4. The number of amides is 1. The lowest BCUT2D eigenvalue weighted by molar-refractivity contribution is 0.102. The highest BCUT2D eigenvalue weighted by molar-refractivity contribution is 6.04. The highest BCUT2D eigenvalue weighted by atomic mass is 16.5. The van der Waals surface area contributed by atoms with Crippen molar-refractivity contribution in [3.8, 4) is 11.4 Å². The summed E-state index contributed by atoms with van der Waals surface area (Å²) >= 11 is 0. The van der Waals surface area contributed by atoms with Crippen molar-refractivity contribution in [3.05, 3.63) is 71.5 Å². The Morgan fingerprint density at radius 2 is 1.76 bits per heavy atom. The molecule has 0 saturated carbocycles. The van der Waals surface area contributed by atoms with Crippen LogP contribution in [-0.2, 0) is 0 Å². The van der Waals surface area contributed by atoms with Gasteiger partial charge in [0, 0.05) is 16.9 Å². The molecular formula is C20H21N3O2. The van der Waals surface area contributed by atoms with Gasteiger partial charge in [-0.25, -0.2) is 4.68 Å². The molecule has 0 spiro atoms. The molecule has 0 aliphatic carbocycles. The summed E-state index contributed by atoms with van der Waals surface area (Å²) in [6.45, 7) is 6.52. The molecule has 1 N–H and O–H groups in total. The third kappa shape index (κ3) is 3.88. The number of carbonyl (C=O) groups is 1. The number of ether oxygens (including phenoxy) is 1. The van der Waals surface area contributed by atoms with Crippen LogP contribution in [0, 0.1) is 13.8 Å². The topological polar surface area (TPSA) is 56.1 Å². The van der Waals surface area contributed by atoms with Crippen LogP contribution in [-0.4, -0.2) is 22.3 Å². The third-order valence-corrected chi connectivity index (χ3v) is 3.81. The molecule has 0 aliphatic heterocycles. The Labute approximate surface area is 147 Å². The molecule has 5 nitrogen and oxygen atoms in total. The predicted molar refractivity (Wildman–Crippen MR) is 98.6 cm³/mol. The number of hydrogen-bond donors (Lipinski definition) is 1. The number of carbonyl (C=O) groups excluding carboxylic acids is 1. The van der Waals surface area contributed by atoms with Gasteiger partial charge in [-0.2, -0.15) is 5.10 Å². The van der Waals surface area contributed by atoms with Gasteiger partial charge in [-0.15, -0.1) is 0 Å². The van der Waals surface area contributed by atoms with Crippen molar-refractivity contribution in [3.63, 3.8) is 0 Å². The number of aromatic nitrogens is 2. The Kier molecular flexibility index (Phi) is 4.84. The van der Waals surface area contributed by atoms with Crippen LogP contribution >= 0.6 is 0 Å². The third-order valence-electron chi connectivity index (χ3n) is 3.81. The largest absolute Gasteiger partial charge is 0.494 e. The number of hydrogen-bond acceptors (Lipinski definition) is 3. The number of anilines is 1. The smallest absolute Gasteiger partial charge is 0.255 e. The Morgan fingerprint density at radius 3 is 2.32 bits per heavy atom. The molecule has 3 aromatic rings. The van der Waals surface area contributed by atoms with Crippen molar-refractivity contribution < 1.29 is 9.53 Å². The molecule has 0 saturated heterocycles. The minimum absolute atomic E-state index is 0.149. The first-order valence-corrected chi connectivity index (χ1v) is 8.24. The summed E-state index contributed by atoms with van der Waals surface area (Å²) in [6.07, 6.45) is 0. The summed E-state index contributed by atoms with van der Waals surface area (Å²) in [5, 5.41) is 7.34. The second kappa shape index (κ2) is 7.21. The summed E-state index contributed by atoms with van der Waals surface area (Å²) < 4.78 is 7.26. The Balaban J connectivity index is 1.71. The Morgan fingerprint density at radius 1 is 1.08 bits per heavy atom. The average Bonchev–Trinajstić information content (AvgIpc) is 2.95. The molecule has 0 atom stereocenters. The van der Waals surface area contributed by atoms with Crippen molar-refractivity contribution in [2.75, 3.05) is 11.9 Å². The fraction of sp³-hybridized carbons (Fsp3) is 0.200. The lowest BCUT2D eigenvalue weighted by atomic mass is 10.2. The van der Waals surface area contributed by atoms with Gasteiger partial charge >= 0.3 is 0 Å². The molecular weight excluding hydrogens is 314 g/mol. The van der Waals surface area contributed by atoms with E-state index in [0.717, 1.165) is 28.5 Å². The Bertz CT molecular complexity index is 865. The van der Waals surface area contributed by atoms with Crippen molar-refractivity contribution in [2.45, 2.75) is 20.8 Å². The normalized spacial score (nSPS) is 10.5. The second-order valence-electron chi connectivity index (χ2n) is 5.80. The fourth-order valence-electron chi connectivity index (χ4n) is 2.65. The van der Waals surface area contributed by atoms with E-state index in [1.54, 1.807) is 12.1 Å². The average molecular weight is 335 g/mol. The van der Waals surface area contributed by atoms with E-state index < -0.39 is 0 Å². The highest BCUT2D eigenvalue weighted by Crippen LogP contribution is 2.17. The maximum atomic E-state index is 12.4. The van der Waals surface area contributed by atoms with Gasteiger partial charge in [-0.05, 0) is 75.4 Å². The van der Waals surface area contributed by atoms with Gasteiger partial charge in [0.15, 0.2) is 0 Å². The molecule has 25 heavy (non-hydrogen) atoms. The number of nitrogens with zero attached hydrogens (tertiary/aromatic N) is 2. The minimum atomic E-state index is -0.149. The van der Waals surface area contributed by atoms with Crippen molar-refractivity contribution in [1.82, 2.24) is 9.78 Å². The summed E-state index contributed by atoms with van der Waals surface area (Å²) in [5.74, 6) is 0.638. The fourth-order valence-corrected chi connectivity index (χ4v) is 2.65. The van der Waals surface area contributed by atoms with E-state index in [9.17, 15) is 4.79 Å². The van der Waals surface area contributed by atoms with Crippen LogP contribution in [0.3, 0.4) is 0 Å². The zero-order valence-electron chi connectivity index (χ0n) is 14.6. The summed E-state index contributed by atoms with van der Waals surface area (Å²) in [6, 6.07) is 16.7. The minimum Gasteiger partial charge on any atom is -0.494 e. The van der Waals surface area contributed by atoms with Crippen LogP contribution < -0.4 is 10.1 Å². The second-order valence-corrected chi connectivity index (χ2v) is 5.80. The number of aryl methyl sites for hydroxylation is 2. The molecule has 128 valence electrons. The maximum Gasteiger partial charge on any atom is 0.255 e. The molecule has 1 aromatic heterocycles. The van der Waals surface area contributed by atoms with E-state index in [2.05, 4.69) is 10.4 Å². The van der Waals surface area contributed by atoms with Crippen LogP contribution in [0.1, 0.15) is 28.7 Å². The quantitative estimate of drug-likeness (QED) is 0.762. The molecule has 2 aromatic carbocycles. The van der Waals surface area contributed by atoms with Gasteiger partial charge in [0.05, 0.1) is 18.0 Å². The molecule has 0 radical (unpaired) electrons. The predicted octanol–water partition coefficient (Wildman–Crippen LogP) is 4.14. The summed E-state index contributed by atoms with van der Waals surface area (Å²) in [7, 11) is 0. The van der Waals surface area contributed by atoms with Crippen molar-refractivity contribution in [1.29, 1.82) is 0 Å². The van der Waals surface area contributed by atoms with E-state index in [0.29, 0.717) is 12.2 Å². The van der Waals surface area contributed by atoms with Crippen LogP contribution in [0.5, 0.6) is 5.75 Å². The van der Waals surface area contributed by atoms with E-state index in [1.165, 1.54) is 0 Å². The molecule has 0 unspecified atom stereocenters. The molecule has 3 rings (SSSR count). The van der Waals surface area contributed by atoms with Crippen molar-refractivity contribution >= 4 is 11.6 Å². The molecule has 0 aliphatic rings. The van der Waals surface area contributed by atoms with Crippen LogP contribution in [0.2, 0.25) is 0 Å². The van der Waals surface area contributed by atoms with Gasteiger partial charge in [-0.1, -0.05) is 0 Å². The standard InChI is InChI=1S/C20H21N3O2/c1-4-25-19-11-7-17(8-12-19)21-20(24)16-5-9-18(10-6-16)23-15(3)13-14(2)22-23/h5-13H,4H2,1-3H3,(H,21,24). The molecule has 0 bridgehead atoms. The van der Waals surface area contributed by atoms with E-state index in [4.69, 9.17) is 4.74 Å². The van der Waals surface area contributed by atoms with E-state index >= 15 is 0 Å². The first-order valence-electron chi connectivity index (χ1n) is 8.24. The first-order chi connectivity index (χ1) is 12.1. The van der Waals surface area contributed by atoms with Gasteiger partial charge in [0.2, 0.25) is 0 Å². The van der Waals surface area contributed by atoms with E-state index in [1.807, 2.05) is 67.9 Å². The highest BCUT2D eigenvalue weighted by Gasteiger charge is 2.08. The number of nitrogens with one attached hydrogen (secondary N) is 1. The molecule has 1 heterocycles. The number of rotatable bonds is 5. The summed E-state index contributed by atoms with van der Waals surface area (Å²) in [5.41, 5.74) is 4.29. The lowest BCUT2D eigenvalue weighted by Gasteiger charge is -2.08. The lowest BCUT2D eigenvalue weighted by Crippen LogP contribution is -2.12. The number of benzene rings is 2. The molecule has 5 heteroatoms. The first kappa shape index (κ1) is 16.8. The van der Waals surface area contributed by atoms with Gasteiger partial charge < -0.3 is 10.1 Å². The Hall–Kier alpha value is -3.08.